The van der Waals surface area contributed by atoms with Gasteiger partial charge in [0.1, 0.15) is 0 Å². The molecule has 4 rings (SSSR count). The van der Waals surface area contributed by atoms with Crippen LogP contribution >= 0.6 is 11.8 Å². The molecular formula is C20H22O4S. The Bertz CT molecular complexity index is 718. The van der Waals surface area contributed by atoms with Gasteiger partial charge in [-0.2, -0.15) is 0 Å². The number of carbonyl (C=O) groups is 2. The van der Waals surface area contributed by atoms with Gasteiger partial charge in [0.25, 0.3) is 0 Å². The van der Waals surface area contributed by atoms with Gasteiger partial charge < -0.3 is 9.47 Å². The number of ether oxygens (including phenoxy) is 2. The molecule has 0 saturated heterocycles. The van der Waals surface area contributed by atoms with E-state index in [0.29, 0.717) is 0 Å². The van der Waals surface area contributed by atoms with Crippen LogP contribution in [0.2, 0.25) is 0 Å². The Morgan fingerprint density at radius 1 is 1.24 bits per heavy atom. The summed E-state index contributed by atoms with van der Waals surface area (Å²) in [6.07, 6.45) is 6.06. The van der Waals surface area contributed by atoms with Crippen LogP contribution in [0, 0.1) is 11.8 Å². The van der Waals surface area contributed by atoms with Crippen molar-refractivity contribution >= 4 is 23.3 Å². The predicted octanol–water partition coefficient (Wildman–Crippen LogP) is 3.43. The number of ketones is 2. The first-order chi connectivity index (χ1) is 12.0. The molecular weight excluding hydrogens is 336 g/mol. The average Bonchev–Trinajstić information content (AvgIpc) is 2.62. The molecule has 0 spiro atoms. The number of hydrogen-bond acceptors (Lipinski definition) is 5. The van der Waals surface area contributed by atoms with E-state index in [4.69, 9.17) is 9.47 Å². The van der Waals surface area contributed by atoms with Gasteiger partial charge in [-0.25, -0.2) is 0 Å². The SMILES string of the molecule is COC1(OC)C(=O)C2C=C(/C=C/C(C)=O)C1CC2Sc1ccccc1. The quantitative estimate of drug-likeness (QED) is 0.576. The lowest BCUT2D eigenvalue weighted by molar-refractivity contribution is -0.236. The number of carbonyl (C=O) groups excluding carboxylic acids is 2. The molecule has 2 bridgehead atoms. The van der Waals surface area contributed by atoms with Crippen LogP contribution in [0.4, 0.5) is 0 Å². The fraction of sp³-hybridized carbons (Fsp3) is 0.400. The number of hydrogen-bond donors (Lipinski definition) is 0. The lowest BCUT2D eigenvalue weighted by Crippen LogP contribution is -2.61. The molecule has 0 heterocycles. The van der Waals surface area contributed by atoms with Crippen LogP contribution in [0.25, 0.3) is 0 Å². The van der Waals surface area contributed by atoms with E-state index >= 15 is 0 Å². The Labute approximate surface area is 152 Å². The summed E-state index contributed by atoms with van der Waals surface area (Å²) in [5.74, 6) is -1.85. The Balaban J connectivity index is 1.95. The normalized spacial score (nSPS) is 27.6. The maximum Gasteiger partial charge on any atom is 0.236 e. The third kappa shape index (κ3) is 3.24. The van der Waals surface area contributed by atoms with E-state index in [1.807, 2.05) is 24.3 Å². The van der Waals surface area contributed by atoms with Gasteiger partial charge in [0.15, 0.2) is 5.78 Å². The molecule has 4 nitrogen and oxygen atoms in total. The highest BCUT2D eigenvalue weighted by Crippen LogP contribution is 2.51. The summed E-state index contributed by atoms with van der Waals surface area (Å²) in [7, 11) is 3.02. The van der Waals surface area contributed by atoms with E-state index in [1.165, 1.54) is 27.2 Å². The van der Waals surface area contributed by atoms with Crippen molar-refractivity contribution in [3.8, 4) is 0 Å². The van der Waals surface area contributed by atoms with Crippen molar-refractivity contribution in [2.75, 3.05) is 14.2 Å². The molecule has 1 aromatic rings. The summed E-state index contributed by atoms with van der Waals surface area (Å²) < 4.78 is 11.1. The van der Waals surface area contributed by atoms with Gasteiger partial charge in [0.05, 0.1) is 5.92 Å². The summed E-state index contributed by atoms with van der Waals surface area (Å²) in [4.78, 5) is 25.5. The second-order valence-electron chi connectivity index (χ2n) is 6.33. The van der Waals surface area contributed by atoms with Crippen LogP contribution in [0.3, 0.4) is 0 Å². The molecule has 0 amide bonds. The van der Waals surface area contributed by atoms with Gasteiger partial charge in [-0.1, -0.05) is 30.4 Å². The first-order valence-electron chi connectivity index (χ1n) is 8.28. The van der Waals surface area contributed by atoms with Gasteiger partial charge in [-0.15, -0.1) is 11.8 Å². The van der Waals surface area contributed by atoms with E-state index in [1.54, 1.807) is 17.8 Å². The smallest absolute Gasteiger partial charge is 0.236 e. The highest BCUT2D eigenvalue weighted by Gasteiger charge is 2.59. The van der Waals surface area contributed by atoms with E-state index in [0.717, 1.165) is 16.9 Å². The second kappa shape index (κ2) is 7.28. The second-order valence-corrected chi connectivity index (χ2v) is 7.65. The van der Waals surface area contributed by atoms with Crippen molar-refractivity contribution in [2.45, 2.75) is 29.3 Å². The Kier molecular flexibility index (Phi) is 5.27. The van der Waals surface area contributed by atoms with Crippen LogP contribution in [0.1, 0.15) is 13.3 Å². The van der Waals surface area contributed by atoms with Crippen LogP contribution in [-0.2, 0) is 19.1 Å². The van der Waals surface area contributed by atoms with Gasteiger partial charge in [0, 0.05) is 30.3 Å². The van der Waals surface area contributed by atoms with Crippen molar-refractivity contribution in [3.05, 3.63) is 54.1 Å². The molecule has 3 unspecified atom stereocenters. The van der Waals surface area contributed by atoms with Gasteiger partial charge in [-0.05, 0) is 37.1 Å². The number of fused-ring (bicyclic) bond motifs is 2. The first kappa shape index (κ1) is 18.1. The molecule has 1 aromatic carbocycles. The fourth-order valence-electron chi connectivity index (χ4n) is 3.72. The number of thioether (sulfide) groups is 1. The minimum atomic E-state index is -1.26. The molecule has 0 aliphatic heterocycles. The van der Waals surface area contributed by atoms with E-state index in [2.05, 4.69) is 12.1 Å². The highest BCUT2D eigenvalue weighted by atomic mass is 32.2. The van der Waals surface area contributed by atoms with E-state index in [-0.39, 0.29) is 28.7 Å². The fourth-order valence-corrected chi connectivity index (χ4v) is 5.02. The Hall–Kier alpha value is -1.69. The van der Waals surface area contributed by atoms with Gasteiger partial charge in [-0.3, -0.25) is 9.59 Å². The molecule has 0 radical (unpaired) electrons. The molecule has 0 N–H and O–H groups in total. The minimum absolute atomic E-state index is 0.0238. The molecule has 3 aliphatic carbocycles. The van der Waals surface area contributed by atoms with Crippen molar-refractivity contribution in [2.24, 2.45) is 11.8 Å². The standard InChI is InChI=1S/C20H22O4S/c1-13(21)9-10-14-11-16-18(25-15-7-5-4-6-8-15)12-17(14)20(23-2,24-3)19(16)22/h4-11,16-18H,12H2,1-3H3/b10-9+. The van der Waals surface area contributed by atoms with Crippen LogP contribution in [-0.4, -0.2) is 36.8 Å². The topological polar surface area (TPSA) is 52.6 Å². The van der Waals surface area contributed by atoms with Gasteiger partial charge in [0.2, 0.25) is 11.6 Å². The third-order valence-corrected chi connectivity index (χ3v) is 6.23. The number of methoxy groups -OCH3 is 2. The molecule has 1 fully saturated rings. The molecule has 1 saturated carbocycles. The molecule has 3 aliphatic rings. The molecule has 5 heteroatoms. The Morgan fingerprint density at radius 2 is 1.92 bits per heavy atom. The zero-order chi connectivity index (χ0) is 18.0. The Morgan fingerprint density at radius 3 is 2.52 bits per heavy atom. The summed E-state index contributed by atoms with van der Waals surface area (Å²) in [6, 6.07) is 10.1. The first-order valence-corrected chi connectivity index (χ1v) is 9.16. The summed E-state index contributed by atoms with van der Waals surface area (Å²) in [6.45, 7) is 1.51. The monoisotopic (exact) mass is 358 g/mol. The third-order valence-electron chi connectivity index (χ3n) is 4.90. The van der Waals surface area contributed by atoms with Crippen molar-refractivity contribution < 1.29 is 19.1 Å². The zero-order valence-corrected chi connectivity index (χ0v) is 15.4. The lowest BCUT2D eigenvalue weighted by atomic mass is 9.66. The molecule has 132 valence electrons. The zero-order valence-electron chi connectivity index (χ0n) is 14.6. The average molecular weight is 358 g/mol. The van der Waals surface area contributed by atoms with Crippen LogP contribution in [0.15, 0.2) is 59.0 Å². The number of allylic oxidation sites excluding steroid dienone is 3. The molecule has 3 atom stereocenters. The highest BCUT2D eigenvalue weighted by molar-refractivity contribution is 8.00. The van der Waals surface area contributed by atoms with E-state index in [9.17, 15) is 9.59 Å². The maximum absolute atomic E-state index is 13.1. The lowest BCUT2D eigenvalue weighted by Gasteiger charge is -2.50. The maximum atomic E-state index is 13.1. The largest absolute Gasteiger partial charge is 0.347 e. The van der Waals surface area contributed by atoms with Crippen LogP contribution in [0.5, 0.6) is 0 Å². The van der Waals surface area contributed by atoms with Crippen molar-refractivity contribution in [1.82, 2.24) is 0 Å². The minimum Gasteiger partial charge on any atom is -0.347 e. The molecule has 25 heavy (non-hydrogen) atoms. The number of rotatable bonds is 6. The summed E-state index contributed by atoms with van der Waals surface area (Å²) >= 11 is 1.71. The molecule has 0 aromatic heterocycles. The number of Topliss-reactive ketones (excluding diaryl/α,β-unsaturated/α-hetero) is 1. The summed E-state index contributed by atoms with van der Waals surface area (Å²) in [5, 5.41) is 0.132. The van der Waals surface area contributed by atoms with E-state index < -0.39 is 5.79 Å². The number of benzene rings is 1. The van der Waals surface area contributed by atoms with Crippen LogP contribution < -0.4 is 0 Å². The van der Waals surface area contributed by atoms with Crippen molar-refractivity contribution in [1.29, 1.82) is 0 Å². The summed E-state index contributed by atoms with van der Waals surface area (Å²) in [5.41, 5.74) is 0.938. The van der Waals surface area contributed by atoms with Crippen molar-refractivity contribution in [3.63, 3.8) is 0 Å². The van der Waals surface area contributed by atoms with Gasteiger partial charge >= 0.3 is 0 Å². The predicted molar refractivity (Wildman–Crippen MR) is 97.3 cm³/mol.